The predicted octanol–water partition coefficient (Wildman–Crippen LogP) is 4.91. The first kappa shape index (κ1) is 16.2. The molecule has 0 aliphatic heterocycles. The van der Waals surface area contributed by atoms with Gasteiger partial charge in [0.15, 0.2) is 0 Å². The maximum atomic E-state index is 4.70. The van der Waals surface area contributed by atoms with Gasteiger partial charge in [-0.1, -0.05) is 12.1 Å². The second-order valence-electron chi connectivity index (χ2n) is 6.49. The highest BCUT2D eigenvalue weighted by atomic mass is 15.0. The number of aromatic nitrogens is 4. The van der Waals surface area contributed by atoms with Crippen LogP contribution in [-0.4, -0.2) is 19.5 Å². The lowest BCUT2D eigenvalue weighted by Crippen LogP contribution is -1.99. The highest BCUT2D eigenvalue weighted by Crippen LogP contribution is 2.22. The van der Waals surface area contributed by atoms with Gasteiger partial charge < -0.3 is 4.57 Å². The Bertz CT molecular complexity index is 1110. The fourth-order valence-corrected chi connectivity index (χ4v) is 3.23. The maximum absolute atomic E-state index is 4.70. The molecule has 0 bridgehead atoms. The lowest BCUT2D eigenvalue weighted by atomic mass is 10.2. The Hall–Kier alpha value is -3.27. The molecule has 4 rings (SSSR count). The summed E-state index contributed by atoms with van der Waals surface area (Å²) in [6, 6.07) is 12.3. The van der Waals surface area contributed by atoms with Crippen molar-refractivity contribution in [2.75, 3.05) is 0 Å². The molecular formula is C22H20N4. The molecule has 26 heavy (non-hydrogen) atoms. The molecule has 0 saturated carbocycles. The van der Waals surface area contributed by atoms with E-state index in [4.69, 9.17) is 4.98 Å². The summed E-state index contributed by atoms with van der Waals surface area (Å²) in [6.45, 7) is 6.29. The van der Waals surface area contributed by atoms with Crippen LogP contribution in [0.5, 0.6) is 0 Å². The molecule has 0 spiro atoms. The van der Waals surface area contributed by atoms with Crippen molar-refractivity contribution in [3.8, 4) is 5.69 Å². The van der Waals surface area contributed by atoms with Gasteiger partial charge in [0.2, 0.25) is 0 Å². The summed E-state index contributed by atoms with van der Waals surface area (Å²) in [5.41, 5.74) is 8.48. The van der Waals surface area contributed by atoms with E-state index in [1.54, 1.807) is 6.20 Å². The standard InChI is InChI=1S/C22H20N4/c1-15-6-9-21-22(11-15)25-19(13-24-21)8-7-18-12-16(2)26(17(18)3)20-5-4-10-23-14-20/h4-14H,1-3H3/b8-7+. The summed E-state index contributed by atoms with van der Waals surface area (Å²) in [5, 5.41) is 0. The maximum Gasteiger partial charge on any atom is 0.0896 e. The zero-order valence-electron chi connectivity index (χ0n) is 15.1. The lowest BCUT2D eigenvalue weighted by molar-refractivity contribution is 0.954. The third kappa shape index (κ3) is 3.02. The van der Waals surface area contributed by atoms with Gasteiger partial charge in [0, 0.05) is 17.6 Å². The van der Waals surface area contributed by atoms with E-state index in [1.165, 1.54) is 17.0 Å². The zero-order chi connectivity index (χ0) is 18.1. The van der Waals surface area contributed by atoms with Crippen molar-refractivity contribution in [2.24, 2.45) is 0 Å². The van der Waals surface area contributed by atoms with Gasteiger partial charge in [-0.05, 0) is 68.3 Å². The van der Waals surface area contributed by atoms with Gasteiger partial charge in [-0.2, -0.15) is 0 Å². The van der Waals surface area contributed by atoms with Crippen molar-refractivity contribution in [2.45, 2.75) is 20.8 Å². The van der Waals surface area contributed by atoms with Gasteiger partial charge in [0.05, 0.1) is 34.8 Å². The van der Waals surface area contributed by atoms with Crippen LogP contribution in [-0.2, 0) is 0 Å². The molecule has 0 radical (unpaired) electrons. The van der Waals surface area contributed by atoms with Crippen LogP contribution in [0, 0.1) is 20.8 Å². The second kappa shape index (κ2) is 6.56. The highest BCUT2D eigenvalue weighted by Gasteiger charge is 2.09. The molecule has 0 unspecified atom stereocenters. The van der Waals surface area contributed by atoms with Crippen molar-refractivity contribution in [3.63, 3.8) is 0 Å². The molecule has 0 saturated heterocycles. The molecule has 4 aromatic rings. The van der Waals surface area contributed by atoms with Gasteiger partial charge >= 0.3 is 0 Å². The molecule has 4 heteroatoms. The number of aryl methyl sites for hydroxylation is 2. The molecule has 0 N–H and O–H groups in total. The van der Waals surface area contributed by atoms with Crippen LogP contribution in [0.15, 0.2) is 55.0 Å². The summed E-state index contributed by atoms with van der Waals surface area (Å²) < 4.78 is 2.21. The molecule has 1 aromatic carbocycles. The Morgan fingerprint density at radius 2 is 1.81 bits per heavy atom. The fourth-order valence-electron chi connectivity index (χ4n) is 3.23. The second-order valence-corrected chi connectivity index (χ2v) is 6.49. The summed E-state index contributed by atoms with van der Waals surface area (Å²) in [4.78, 5) is 13.4. The number of hydrogen-bond donors (Lipinski definition) is 0. The third-order valence-electron chi connectivity index (χ3n) is 4.52. The van der Waals surface area contributed by atoms with Crippen LogP contribution < -0.4 is 0 Å². The van der Waals surface area contributed by atoms with Gasteiger partial charge in [-0.15, -0.1) is 0 Å². The summed E-state index contributed by atoms with van der Waals surface area (Å²) in [6.07, 6.45) is 9.60. The number of hydrogen-bond acceptors (Lipinski definition) is 3. The minimum atomic E-state index is 0.856. The molecule has 3 aromatic heterocycles. The first-order valence-electron chi connectivity index (χ1n) is 8.62. The zero-order valence-corrected chi connectivity index (χ0v) is 15.1. The Kier molecular flexibility index (Phi) is 4.09. The molecule has 0 amide bonds. The Balaban J connectivity index is 1.69. The van der Waals surface area contributed by atoms with E-state index in [0.717, 1.165) is 28.0 Å². The molecule has 0 aliphatic carbocycles. The van der Waals surface area contributed by atoms with E-state index in [9.17, 15) is 0 Å². The molecule has 0 fully saturated rings. The first-order valence-corrected chi connectivity index (χ1v) is 8.62. The number of fused-ring (bicyclic) bond motifs is 1. The molecule has 4 nitrogen and oxygen atoms in total. The lowest BCUT2D eigenvalue weighted by Gasteiger charge is -2.08. The van der Waals surface area contributed by atoms with Crippen molar-refractivity contribution < 1.29 is 0 Å². The molecular weight excluding hydrogens is 320 g/mol. The van der Waals surface area contributed by atoms with E-state index in [0.29, 0.717) is 0 Å². The molecule has 0 atom stereocenters. The van der Waals surface area contributed by atoms with Crippen LogP contribution in [0.4, 0.5) is 0 Å². The van der Waals surface area contributed by atoms with Gasteiger partial charge in [-0.25, -0.2) is 4.98 Å². The smallest absolute Gasteiger partial charge is 0.0896 e. The Morgan fingerprint density at radius 1 is 0.923 bits per heavy atom. The largest absolute Gasteiger partial charge is 0.316 e. The average molecular weight is 340 g/mol. The van der Waals surface area contributed by atoms with E-state index in [1.807, 2.05) is 30.6 Å². The third-order valence-corrected chi connectivity index (χ3v) is 4.52. The molecule has 128 valence electrons. The average Bonchev–Trinajstić information content (AvgIpc) is 2.94. The van der Waals surface area contributed by atoms with Crippen LogP contribution in [0.2, 0.25) is 0 Å². The van der Waals surface area contributed by atoms with Gasteiger partial charge in [-0.3, -0.25) is 9.97 Å². The SMILES string of the molecule is Cc1ccc2ncc(/C=C/c3cc(C)n(-c4cccnc4)c3C)nc2c1. The van der Waals surface area contributed by atoms with Crippen LogP contribution in [0.1, 0.15) is 28.2 Å². The molecule has 3 heterocycles. The molecule has 0 aliphatic rings. The van der Waals surface area contributed by atoms with Crippen molar-refractivity contribution in [3.05, 3.63) is 83.2 Å². The fraction of sp³-hybridized carbons (Fsp3) is 0.136. The number of benzene rings is 1. The first-order chi connectivity index (χ1) is 12.6. The van der Waals surface area contributed by atoms with E-state index >= 15 is 0 Å². The summed E-state index contributed by atoms with van der Waals surface area (Å²) in [5.74, 6) is 0. The van der Waals surface area contributed by atoms with Crippen molar-refractivity contribution in [1.29, 1.82) is 0 Å². The van der Waals surface area contributed by atoms with Crippen LogP contribution in [0.3, 0.4) is 0 Å². The van der Waals surface area contributed by atoms with Crippen LogP contribution in [0.25, 0.3) is 28.9 Å². The number of pyridine rings is 1. The quantitative estimate of drug-likeness (QED) is 0.532. The van der Waals surface area contributed by atoms with Gasteiger partial charge in [0.25, 0.3) is 0 Å². The monoisotopic (exact) mass is 340 g/mol. The number of rotatable bonds is 3. The summed E-state index contributed by atoms with van der Waals surface area (Å²) in [7, 11) is 0. The minimum Gasteiger partial charge on any atom is -0.316 e. The normalized spacial score (nSPS) is 11.5. The topological polar surface area (TPSA) is 43.6 Å². The van der Waals surface area contributed by atoms with Crippen LogP contribution >= 0.6 is 0 Å². The Morgan fingerprint density at radius 3 is 2.62 bits per heavy atom. The summed E-state index contributed by atoms with van der Waals surface area (Å²) >= 11 is 0. The predicted molar refractivity (Wildman–Crippen MR) is 106 cm³/mol. The van der Waals surface area contributed by atoms with Crippen molar-refractivity contribution >= 4 is 23.2 Å². The highest BCUT2D eigenvalue weighted by molar-refractivity contribution is 5.77. The van der Waals surface area contributed by atoms with E-state index in [-0.39, 0.29) is 0 Å². The Labute approximate surface area is 152 Å². The van der Waals surface area contributed by atoms with E-state index in [2.05, 4.69) is 65.6 Å². The minimum absolute atomic E-state index is 0.856. The van der Waals surface area contributed by atoms with Crippen molar-refractivity contribution in [1.82, 2.24) is 19.5 Å². The van der Waals surface area contributed by atoms with Gasteiger partial charge in [0.1, 0.15) is 0 Å². The van der Waals surface area contributed by atoms with E-state index < -0.39 is 0 Å². The number of nitrogens with zero attached hydrogens (tertiary/aromatic N) is 4.